The Morgan fingerprint density at radius 1 is 1.42 bits per heavy atom. The normalized spacial score (nSPS) is 12.3. The van der Waals surface area contributed by atoms with Crippen LogP contribution in [-0.2, 0) is 9.59 Å². The number of aliphatic hydroxyl groups is 1. The van der Waals surface area contributed by atoms with Gasteiger partial charge in [0.05, 0.1) is 0 Å². The predicted molar refractivity (Wildman–Crippen MR) is 74.4 cm³/mol. The van der Waals surface area contributed by atoms with Crippen molar-refractivity contribution in [1.82, 2.24) is 5.32 Å². The number of carboxylic acid groups (broad SMARTS) is 1. The molecule has 1 aromatic rings. The van der Waals surface area contributed by atoms with Crippen molar-refractivity contribution in [3.63, 3.8) is 0 Å². The molecular formula is C13H14BrNO4. The Morgan fingerprint density at radius 3 is 2.79 bits per heavy atom. The second-order valence-corrected chi connectivity index (χ2v) is 4.74. The van der Waals surface area contributed by atoms with Crippen LogP contribution in [0.5, 0.6) is 0 Å². The van der Waals surface area contributed by atoms with E-state index in [1.54, 1.807) is 6.08 Å². The van der Waals surface area contributed by atoms with Gasteiger partial charge >= 0.3 is 5.97 Å². The van der Waals surface area contributed by atoms with E-state index >= 15 is 0 Å². The minimum absolute atomic E-state index is 0.0220. The molecule has 0 aromatic heterocycles. The van der Waals surface area contributed by atoms with Gasteiger partial charge in [-0.05, 0) is 23.8 Å². The number of hydrogen-bond acceptors (Lipinski definition) is 3. The largest absolute Gasteiger partial charge is 0.479 e. The van der Waals surface area contributed by atoms with Crippen LogP contribution in [0, 0.1) is 0 Å². The Hall–Kier alpha value is -1.66. The van der Waals surface area contributed by atoms with Crippen molar-refractivity contribution < 1.29 is 19.8 Å². The van der Waals surface area contributed by atoms with Gasteiger partial charge in [-0.2, -0.15) is 0 Å². The van der Waals surface area contributed by atoms with E-state index < -0.39 is 12.1 Å². The molecule has 0 heterocycles. The topological polar surface area (TPSA) is 86.6 Å². The average molecular weight is 328 g/mol. The minimum Gasteiger partial charge on any atom is -0.479 e. The lowest BCUT2D eigenvalue weighted by Crippen LogP contribution is -2.28. The summed E-state index contributed by atoms with van der Waals surface area (Å²) in [6.07, 6.45) is 1.53. The van der Waals surface area contributed by atoms with Gasteiger partial charge in [0.2, 0.25) is 5.91 Å². The van der Waals surface area contributed by atoms with E-state index in [2.05, 4.69) is 21.2 Å². The Kier molecular flexibility index (Phi) is 6.24. The molecular weight excluding hydrogens is 314 g/mol. The van der Waals surface area contributed by atoms with Crippen LogP contribution in [0.3, 0.4) is 0 Å². The first-order chi connectivity index (χ1) is 8.99. The van der Waals surface area contributed by atoms with Gasteiger partial charge in [-0.1, -0.05) is 28.1 Å². The maximum Gasteiger partial charge on any atom is 0.332 e. The molecule has 102 valence electrons. The van der Waals surface area contributed by atoms with E-state index in [9.17, 15) is 9.59 Å². The summed E-state index contributed by atoms with van der Waals surface area (Å²) in [5.74, 6) is -1.63. The highest BCUT2D eigenvalue weighted by molar-refractivity contribution is 9.10. The van der Waals surface area contributed by atoms with Crippen LogP contribution in [0.25, 0.3) is 6.08 Å². The molecule has 19 heavy (non-hydrogen) atoms. The Morgan fingerprint density at radius 2 is 2.16 bits per heavy atom. The predicted octanol–water partition coefficient (Wildman–Crippen LogP) is 1.41. The molecule has 0 aliphatic rings. The van der Waals surface area contributed by atoms with Crippen molar-refractivity contribution >= 4 is 33.9 Å². The number of nitrogens with one attached hydrogen (secondary N) is 1. The smallest absolute Gasteiger partial charge is 0.332 e. The first-order valence-electron chi connectivity index (χ1n) is 5.61. The second-order valence-electron chi connectivity index (χ2n) is 3.82. The maximum atomic E-state index is 11.4. The number of carbonyl (C=O) groups is 2. The van der Waals surface area contributed by atoms with E-state index in [0.29, 0.717) is 0 Å². The summed E-state index contributed by atoms with van der Waals surface area (Å²) in [7, 11) is 0. The van der Waals surface area contributed by atoms with Gasteiger partial charge in [0.1, 0.15) is 0 Å². The van der Waals surface area contributed by atoms with Gasteiger partial charge < -0.3 is 15.5 Å². The second kappa shape index (κ2) is 7.70. The molecule has 0 spiro atoms. The number of halogens is 1. The van der Waals surface area contributed by atoms with E-state index in [0.717, 1.165) is 10.0 Å². The molecule has 0 fully saturated rings. The molecule has 0 bridgehead atoms. The van der Waals surface area contributed by atoms with Crippen molar-refractivity contribution in [3.05, 3.63) is 40.4 Å². The highest BCUT2D eigenvalue weighted by Gasteiger charge is 2.12. The number of rotatable bonds is 6. The van der Waals surface area contributed by atoms with Crippen LogP contribution in [0.1, 0.15) is 12.0 Å². The number of aliphatic carboxylic acids is 1. The van der Waals surface area contributed by atoms with Gasteiger partial charge in [0.15, 0.2) is 6.10 Å². The highest BCUT2D eigenvalue weighted by atomic mass is 79.9. The van der Waals surface area contributed by atoms with Crippen molar-refractivity contribution in [2.45, 2.75) is 12.5 Å². The maximum absolute atomic E-state index is 11.4. The SMILES string of the molecule is O=C(/C=C/c1cccc(Br)c1)NCC[C@H](O)C(=O)O. The van der Waals surface area contributed by atoms with E-state index in [1.807, 2.05) is 24.3 Å². The molecule has 3 N–H and O–H groups in total. The lowest BCUT2D eigenvalue weighted by molar-refractivity contribution is -0.147. The number of carbonyl (C=O) groups excluding carboxylic acids is 1. The van der Waals surface area contributed by atoms with Crippen molar-refractivity contribution in [2.24, 2.45) is 0 Å². The molecule has 0 radical (unpaired) electrons. The molecule has 1 aromatic carbocycles. The summed E-state index contributed by atoms with van der Waals surface area (Å²) in [6.45, 7) is 0.106. The monoisotopic (exact) mass is 327 g/mol. The quantitative estimate of drug-likeness (QED) is 0.689. The van der Waals surface area contributed by atoms with Crippen molar-refractivity contribution in [1.29, 1.82) is 0 Å². The molecule has 0 saturated carbocycles. The molecule has 0 aliphatic carbocycles. The third-order valence-corrected chi connectivity index (χ3v) is 2.77. The molecule has 1 atom stereocenters. The fourth-order valence-corrected chi connectivity index (χ4v) is 1.71. The summed E-state index contributed by atoms with van der Waals surface area (Å²) in [4.78, 5) is 21.8. The zero-order valence-electron chi connectivity index (χ0n) is 10.0. The van der Waals surface area contributed by atoms with Crippen LogP contribution in [0.4, 0.5) is 0 Å². The molecule has 1 rings (SSSR count). The number of carboxylic acids is 1. The van der Waals surface area contributed by atoms with E-state index in [4.69, 9.17) is 10.2 Å². The van der Waals surface area contributed by atoms with Crippen LogP contribution < -0.4 is 5.32 Å². The van der Waals surface area contributed by atoms with Crippen LogP contribution in [0.2, 0.25) is 0 Å². The third-order valence-electron chi connectivity index (χ3n) is 2.28. The zero-order chi connectivity index (χ0) is 14.3. The zero-order valence-corrected chi connectivity index (χ0v) is 11.6. The van der Waals surface area contributed by atoms with Crippen molar-refractivity contribution in [2.75, 3.05) is 6.54 Å². The Balaban J connectivity index is 2.37. The Labute approximate surface area is 119 Å². The fraction of sp³-hybridized carbons (Fsp3) is 0.231. The van der Waals surface area contributed by atoms with Crippen LogP contribution in [0.15, 0.2) is 34.8 Å². The standard InChI is InChI=1S/C13H14BrNO4/c14-10-3-1-2-9(8-10)4-5-12(17)15-7-6-11(16)13(18)19/h1-5,8,11,16H,6-7H2,(H,15,17)(H,18,19)/b5-4+/t11-/m0/s1. The summed E-state index contributed by atoms with van der Waals surface area (Å²) in [6, 6.07) is 7.44. The van der Waals surface area contributed by atoms with Gasteiger partial charge in [0, 0.05) is 23.5 Å². The average Bonchev–Trinajstić information content (AvgIpc) is 2.36. The first-order valence-corrected chi connectivity index (χ1v) is 6.40. The number of aliphatic hydroxyl groups excluding tert-OH is 1. The molecule has 5 nitrogen and oxygen atoms in total. The summed E-state index contributed by atoms with van der Waals surface area (Å²) < 4.78 is 0.916. The number of hydrogen-bond donors (Lipinski definition) is 3. The van der Waals surface area contributed by atoms with Gasteiger partial charge in [-0.25, -0.2) is 4.79 Å². The van der Waals surface area contributed by atoms with E-state index in [-0.39, 0.29) is 18.9 Å². The summed E-state index contributed by atoms with van der Waals surface area (Å²) in [5, 5.41) is 19.9. The van der Waals surface area contributed by atoms with Gasteiger partial charge in [-0.15, -0.1) is 0 Å². The number of amides is 1. The molecule has 6 heteroatoms. The third kappa shape index (κ3) is 6.17. The molecule has 1 amide bonds. The molecule has 0 saturated heterocycles. The first kappa shape index (κ1) is 15.4. The number of benzene rings is 1. The van der Waals surface area contributed by atoms with E-state index in [1.165, 1.54) is 6.08 Å². The molecule has 0 unspecified atom stereocenters. The van der Waals surface area contributed by atoms with Gasteiger partial charge in [-0.3, -0.25) is 4.79 Å². The molecule has 0 aliphatic heterocycles. The Bertz CT molecular complexity index is 487. The summed E-state index contributed by atoms with van der Waals surface area (Å²) in [5.41, 5.74) is 0.870. The highest BCUT2D eigenvalue weighted by Crippen LogP contribution is 2.12. The summed E-state index contributed by atoms with van der Waals surface area (Å²) >= 11 is 3.32. The van der Waals surface area contributed by atoms with Crippen molar-refractivity contribution in [3.8, 4) is 0 Å². The minimum atomic E-state index is -1.45. The van der Waals surface area contributed by atoms with Gasteiger partial charge in [0.25, 0.3) is 0 Å². The lowest BCUT2D eigenvalue weighted by atomic mass is 10.2. The van der Waals surface area contributed by atoms with Crippen LogP contribution >= 0.6 is 15.9 Å². The van der Waals surface area contributed by atoms with Crippen LogP contribution in [-0.4, -0.2) is 34.7 Å². The fourth-order valence-electron chi connectivity index (χ4n) is 1.30. The lowest BCUT2D eigenvalue weighted by Gasteiger charge is -2.05.